The Balaban J connectivity index is 2.59. The summed E-state index contributed by atoms with van der Waals surface area (Å²) in [5, 5.41) is 2.85. The lowest BCUT2D eigenvalue weighted by Crippen LogP contribution is -2.13. The Morgan fingerprint density at radius 1 is 1.38 bits per heavy atom. The predicted octanol–water partition coefficient (Wildman–Crippen LogP) is 2.18. The van der Waals surface area contributed by atoms with Gasteiger partial charge in [0.1, 0.15) is 11.4 Å². The van der Waals surface area contributed by atoms with Gasteiger partial charge in [0.15, 0.2) is 0 Å². The maximum atomic E-state index is 11.3. The third-order valence-electron chi connectivity index (χ3n) is 1.91. The van der Waals surface area contributed by atoms with Gasteiger partial charge in [0.25, 0.3) is 0 Å². The molecule has 1 aromatic carbocycles. The molecule has 0 aliphatic rings. The minimum atomic E-state index is -0.446. The summed E-state index contributed by atoms with van der Waals surface area (Å²) in [6, 6.07) is 7.17. The number of rotatable bonds is 5. The number of carbonyl (C=O) groups is 1. The van der Waals surface area contributed by atoms with Crippen LogP contribution < -0.4 is 10.1 Å². The fraction of sp³-hybridized carbons (Fsp3) is 0.250. The molecule has 0 bridgehead atoms. The minimum Gasteiger partial charge on any atom is -0.497 e. The second-order valence-corrected chi connectivity index (χ2v) is 3.05. The lowest BCUT2D eigenvalue weighted by Gasteiger charge is -2.08. The molecule has 16 heavy (non-hydrogen) atoms. The topological polar surface area (TPSA) is 47.6 Å². The molecule has 0 atom stereocenters. The summed E-state index contributed by atoms with van der Waals surface area (Å²) in [6.07, 6.45) is 0. The summed E-state index contributed by atoms with van der Waals surface area (Å²) in [5.41, 5.74) is 0.978. The van der Waals surface area contributed by atoms with Crippen LogP contribution in [0, 0.1) is 0 Å². The number of carbonyl (C=O) groups excluding carboxylic acids is 1. The van der Waals surface area contributed by atoms with Crippen LogP contribution in [-0.2, 0) is 9.53 Å². The highest BCUT2D eigenvalue weighted by molar-refractivity contribution is 5.91. The van der Waals surface area contributed by atoms with Crippen molar-refractivity contribution in [1.82, 2.24) is 0 Å². The molecule has 0 spiro atoms. The van der Waals surface area contributed by atoms with E-state index in [0.717, 1.165) is 11.4 Å². The fourth-order valence-electron chi connectivity index (χ4n) is 1.12. The average molecular weight is 221 g/mol. The van der Waals surface area contributed by atoms with Crippen molar-refractivity contribution < 1.29 is 14.3 Å². The van der Waals surface area contributed by atoms with Crippen LogP contribution in [0.4, 0.5) is 5.69 Å². The van der Waals surface area contributed by atoms with Crippen LogP contribution >= 0.6 is 0 Å². The van der Waals surface area contributed by atoms with Gasteiger partial charge in [0.05, 0.1) is 13.7 Å². The molecule has 4 heteroatoms. The zero-order valence-corrected chi connectivity index (χ0v) is 9.45. The number of methoxy groups -OCH3 is 1. The van der Waals surface area contributed by atoms with Crippen LogP contribution in [0.3, 0.4) is 0 Å². The Labute approximate surface area is 94.9 Å². The molecule has 0 unspecified atom stereocenters. The van der Waals surface area contributed by atoms with E-state index in [-0.39, 0.29) is 5.70 Å². The van der Waals surface area contributed by atoms with E-state index >= 15 is 0 Å². The number of hydrogen-bond donors (Lipinski definition) is 1. The number of benzene rings is 1. The average Bonchev–Trinajstić information content (AvgIpc) is 2.30. The highest BCUT2D eigenvalue weighted by atomic mass is 16.5. The Kier molecular flexibility index (Phi) is 4.39. The number of hydrogen-bond acceptors (Lipinski definition) is 4. The maximum absolute atomic E-state index is 11.3. The summed E-state index contributed by atoms with van der Waals surface area (Å²) in [4.78, 5) is 11.3. The molecule has 1 rings (SSSR count). The van der Waals surface area contributed by atoms with Crippen molar-refractivity contribution in [3.63, 3.8) is 0 Å². The van der Waals surface area contributed by atoms with E-state index in [1.165, 1.54) is 0 Å². The first-order chi connectivity index (χ1) is 7.67. The fourth-order valence-corrected chi connectivity index (χ4v) is 1.12. The SMILES string of the molecule is C=C(Nc1ccc(OC)cc1)C(=O)OCC. The number of esters is 1. The van der Waals surface area contributed by atoms with E-state index in [2.05, 4.69) is 11.9 Å². The minimum absolute atomic E-state index is 0.215. The van der Waals surface area contributed by atoms with Gasteiger partial charge in [-0.2, -0.15) is 0 Å². The van der Waals surface area contributed by atoms with Crippen molar-refractivity contribution >= 4 is 11.7 Å². The summed E-state index contributed by atoms with van der Waals surface area (Å²) >= 11 is 0. The first kappa shape index (κ1) is 12.1. The summed E-state index contributed by atoms with van der Waals surface area (Å²) in [6.45, 7) is 5.68. The Bertz CT molecular complexity index is 370. The maximum Gasteiger partial charge on any atom is 0.354 e. The lowest BCUT2D eigenvalue weighted by molar-refractivity contribution is -0.138. The van der Waals surface area contributed by atoms with Crippen molar-refractivity contribution in [2.75, 3.05) is 19.0 Å². The molecule has 0 saturated carbocycles. The van der Waals surface area contributed by atoms with Gasteiger partial charge >= 0.3 is 5.97 Å². The first-order valence-corrected chi connectivity index (χ1v) is 4.94. The Morgan fingerprint density at radius 3 is 2.50 bits per heavy atom. The monoisotopic (exact) mass is 221 g/mol. The highest BCUT2D eigenvalue weighted by Gasteiger charge is 2.07. The van der Waals surface area contributed by atoms with Gasteiger partial charge in [0, 0.05) is 5.69 Å². The number of anilines is 1. The molecule has 1 aromatic rings. The highest BCUT2D eigenvalue weighted by Crippen LogP contribution is 2.16. The quantitative estimate of drug-likeness (QED) is 0.611. The van der Waals surface area contributed by atoms with Crippen molar-refractivity contribution in [3.8, 4) is 5.75 Å². The largest absolute Gasteiger partial charge is 0.497 e. The molecule has 0 fully saturated rings. The van der Waals surface area contributed by atoms with Gasteiger partial charge in [-0.25, -0.2) is 4.79 Å². The summed E-state index contributed by atoms with van der Waals surface area (Å²) in [7, 11) is 1.60. The van der Waals surface area contributed by atoms with Gasteiger partial charge in [0.2, 0.25) is 0 Å². The van der Waals surface area contributed by atoms with Crippen LogP contribution in [0.2, 0.25) is 0 Å². The molecule has 0 radical (unpaired) electrons. The van der Waals surface area contributed by atoms with E-state index < -0.39 is 5.97 Å². The van der Waals surface area contributed by atoms with Crippen molar-refractivity contribution in [2.45, 2.75) is 6.92 Å². The van der Waals surface area contributed by atoms with Gasteiger partial charge in [-0.1, -0.05) is 6.58 Å². The van der Waals surface area contributed by atoms with Gasteiger partial charge in [-0.15, -0.1) is 0 Å². The van der Waals surface area contributed by atoms with Gasteiger partial charge in [-0.3, -0.25) is 0 Å². The predicted molar refractivity (Wildman–Crippen MR) is 62.4 cm³/mol. The smallest absolute Gasteiger partial charge is 0.354 e. The molecule has 0 aliphatic heterocycles. The zero-order valence-electron chi connectivity index (χ0n) is 9.45. The standard InChI is InChI=1S/C12H15NO3/c1-4-16-12(14)9(2)13-10-5-7-11(15-3)8-6-10/h5-8,13H,2,4H2,1,3H3. The molecule has 0 saturated heterocycles. The van der Waals surface area contributed by atoms with Crippen LogP contribution in [0.1, 0.15) is 6.92 Å². The molecule has 0 aromatic heterocycles. The normalized spacial score (nSPS) is 9.38. The summed E-state index contributed by atoms with van der Waals surface area (Å²) < 4.78 is 9.81. The molecule has 0 heterocycles. The van der Waals surface area contributed by atoms with Crippen LogP contribution in [0.5, 0.6) is 5.75 Å². The van der Waals surface area contributed by atoms with E-state index in [4.69, 9.17) is 9.47 Å². The Morgan fingerprint density at radius 2 is 2.00 bits per heavy atom. The molecule has 0 aliphatic carbocycles. The molecule has 0 amide bonds. The van der Waals surface area contributed by atoms with E-state index in [0.29, 0.717) is 6.61 Å². The van der Waals surface area contributed by atoms with Crippen molar-refractivity contribution in [1.29, 1.82) is 0 Å². The lowest BCUT2D eigenvalue weighted by atomic mass is 10.3. The second-order valence-electron chi connectivity index (χ2n) is 3.05. The Hall–Kier alpha value is -1.97. The third-order valence-corrected chi connectivity index (χ3v) is 1.91. The summed E-state index contributed by atoms with van der Waals surface area (Å²) in [5.74, 6) is 0.311. The number of nitrogens with one attached hydrogen (secondary N) is 1. The molecular formula is C12H15NO3. The van der Waals surface area contributed by atoms with Gasteiger partial charge < -0.3 is 14.8 Å². The zero-order chi connectivity index (χ0) is 12.0. The van der Waals surface area contributed by atoms with E-state index in [1.807, 2.05) is 0 Å². The third kappa shape index (κ3) is 3.31. The first-order valence-electron chi connectivity index (χ1n) is 4.94. The van der Waals surface area contributed by atoms with Crippen molar-refractivity contribution in [3.05, 3.63) is 36.5 Å². The van der Waals surface area contributed by atoms with Crippen molar-refractivity contribution in [2.24, 2.45) is 0 Å². The van der Waals surface area contributed by atoms with Crippen LogP contribution in [-0.4, -0.2) is 19.7 Å². The van der Waals surface area contributed by atoms with Gasteiger partial charge in [-0.05, 0) is 31.2 Å². The molecule has 1 N–H and O–H groups in total. The van der Waals surface area contributed by atoms with E-state index in [1.54, 1.807) is 38.3 Å². The molecule has 86 valence electrons. The van der Waals surface area contributed by atoms with Crippen LogP contribution in [0.25, 0.3) is 0 Å². The van der Waals surface area contributed by atoms with Crippen LogP contribution in [0.15, 0.2) is 36.5 Å². The number of ether oxygens (including phenoxy) is 2. The molecule has 4 nitrogen and oxygen atoms in total. The molecular weight excluding hydrogens is 206 g/mol. The van der Waals surface area contributed by atoms with E-state index in [9.17, 15) is 4.79 Å². The second kappa shape index (κ2) is 5.80.